The molecule has 0 amide bonds. The molecule has 15 rings (SSSR count). The van der Waals surface area contributed by atoms with Gasteiger partial charge in [-0.1, -0.05) is 100 Å². The van der Waals surface area contributed by atoms with Crippen molar-refractivity contribution >= 4 is 143 Å². The van der Waals surface area contributed by atoms with Gasteiger partial charge in [-0.25, -0.2) is 0 Å². The van der Waals surface area contributed by atoms with Crippen LogP contribution in [0, 0.1) is 11.3 Å². The van der Waals surface area contributed by atoms with Crippen LogP contribution in [0.1, 0.15) is 56.2 Å². The number of fused-ring (bicyclic) bond motifs is 15. The minimum absolute atomic E-state index is 0.409. The van der Waals surface area contributed by atoms with Crippen LogP contribution < -0.4 is 9.80 Å². The Morgan fingerprint density at radius 3 is 1.26 bits per heavy atom. The zero-order chi connectivity index (χ0) is 50.9. The van der Waals surface area contributed by atoms with E-state index < -0.39 is 0 Å². The third-order valence-electron chi connectivity index (χ3n) is 15.6. The van der Waals surface area contributed by atoms with Gasteiger partial charge in [0, 0.05) is 71.8 Å². The Morgan fingerprint density at radius 2 is 0.750 bits per heavy atom. The summed E-state index contributed by atoms with van der Waals surface area (Å²) in [6.07, 6.45) is 0. The van der Waals surface area contributed by atoms with Gasteiger partial charge in [-0.2, -0.15) is 5.26 Å². The van der Waals surface area contributed by atoms with Gasteiger partial charge in [0.2, 0.25) is 0 Å². The lowest BCUT2D eigenvalue weighted by atomic mass is 10.00. The molecule has 0 bridgehead atoms. The molecule has 0 saturated carbocycles. The predicted molar refractivity (Wildman–Crippen MR) is 313 cm³/mol. The van der Waals surface area contributed by atoms with Crippen LogP contribution in [0.2, 0.25) is 0 Å². The van der Waals surface area contributed by atoms with Crippen molar-refractivity contribution < 1.29 is 17.7 Å². The Balaban J connectivity index is 0.861. The van der Waals surface area contributed by atoms with Gasteiger partial charge in [-0.15, -0.1) is 0 Å². The minimum atomic E-state index is 0.409. The number of rotatable bonds is 8. The van der Waals surface area contributed by atoms with E-state index in [-0.39, 0.29) is 0 Å². The Morgan fingerprint density at radius 1 is 0.329 bits per heavy atom. The highest BCUT2D eigenvalue weighted by Crippen LogP contribution is 2.46. The summed E-state index contributed by atoms with van der Waals surface area (Å²) in [5.74, 6) is 0.820. The van der Waals surface area contributed by atoms with E-state index in [9.17, 15) is 5.26 Å². The third kappa shape index (κ3) is 6.81. The van der Waals surface area contributed by atoms with Crippen molar-refractivity contribution in [2.75, 3.05) is 9.80 Å². The number of para-hydroxylation sites is 2. The summed E-state index contributed by atoms with van der Waals surface area (Å²) >= 11 is 0. The zero-order valence-electron chi connectivity index (χ0n) is 42.2. The van der Waals surface area contributed by atoms with Gasteiger partial charge in [0.1, 0.15) is 45.2 Å². The number of hydrogen-bond acceptors (Lipinski definition) is 7. The first kappa shape index (κ1) is 43.8. The summed E-state index contributed by atoms with van der Waals surface area (Å²) in [7, 11) is 0. The maximum Gasteiger partial charge on any atom is 0.156 e. The largest absolute Gasteiger partial charge is 0.456 e. The molecule has 0 saturated heterocycles. The number of hydrogen-bond donors (Lipinski definition) is 0. The first-order valence-electron chi connectivity index (χ1n) is 26.0. The second kappa shape index (κ2) is 16.6. The Bertz CT molecular complexity index is 4910. The van der Waals surface area contributed by atoms with Crippen LogP contribution in [-0.2, 0) is 0 Å². The maximum atomic E-state index is 10.7. The van der Waals surface area contributed by atoms with Crippen molar-refractivity contribution in [2.24, 2.45) is 0 Å². The van der Waals surface area contributed by atoms with Crippen molar-refractivity contribution in [3.05, 3.63) is 217 Å². The molecule has 362 valence electrons. The second-order valence-corrected chi connectivity index (χ2v) is 20.8. The Labute approximate surface area is 436 Å². The van der Waals surface area contributed by atoms with E-state index in [0.29, 0.717) is 34.1 Å². The van der Waals surface area contributed by atoms with Gasteiger partial charge in [0.05, 0.1) is 10.9 Å². The topological polar surface area (TPSA) is 82.8 Å². The van der Waals surface area contributed by atoms with Gasteiger partial charge < -0.3 is 27.5 Å². The van der Waals surface area contributed by atoms with Crippen LogP contribution in [0.4, 0.5) is 34.1 Å². The van der Waals surface area contributed by atoms with Gasteiger partial charge in [-0.3, -0.25) is 0 Å². The van der Waals surface area contributed by atoms with E-state index in [1.807, 2.05) is 30.3 Å². The van der Waals surface area contributed by atoms with E-state index in [4.69, 9.17) is 17.7 Å². The first-order valence-corrected chi connectivity index (χ1v) is 26.0. The highest BCUT2D eigenvalue weighted by atomic mass is 16.3. The molecule has 0 fully saturated rings. The summed E-state index contributed by atoms with van der Waals surface area (Å²) in [4.78, 5) is 4.61. The van der Waals surface area contributed by atoms with Crippen LogP contribution in [0.3, 0.4) is 0 Å². The van der Waals surface area contributed by atoms with Crippen molar-refractivity contribution in [2.45, 2.75) is 39.5 Å². The Kier molecular flexibility index (Phi) is 9.58. The number of nitrogens with zero attached hydrogens (tertiary/aromatic N) is 3. The molecule has 7 heteroatoms. The number of benzene rings is 11. The Hall–Kier alpha value is -9.77. The molecule has 15 aromatic rings. The summed E-state index contributed by atoms with van der Waals surface area (Å²) in [6.45, 7) is 8.88. The fraction of sp³-hybridized carbons (Fsp3) is 0.0870. The van der Waals surface area contributed by atoms with Crippen LogP contribution in [0.25, 0.3) is 109 Å². The molecular weight excluding hydrogens is 935 g/mol. The average molecular weight is 982 g/mol. The molecule has 0 aliphatic carbocycles. The fourth-order valence-corrected chi connectivity index (χ4v) is 11.6. The first-order chi connectivity index (χ1) is 37.2. The van der Waals surface area contributed by atoms with Gasteiger partial charge in [0.15, 0.2) is 5.58 Å². The molecule has 0 atom stereocenters. The summed E-state index contributed by atoms with van der Waals surface area (Å²) < 4.78 is 26.2. The molecule has 0 radical (unpaired) electrons. The summed E-state index contributed by atoms with van der Waals surface area (Å²) in [6, 6.07) is 73.1. The van der Waals surface area contributed by atoms with Crippen molar-refractivity contribution in [1.29, 1.82) is 5.26 Å². The average Bonchev–Trinajstić information content (AvgIpc) is 4.31. The van der Waals surface area contributed by atoms with E-state index >= 15 is 0 Å². The van der Waals surface area contributed by atoms with E-state index in [1.54, 1.807) is 0 Å². The van der Waals surface area contributed by atoms with Crippen LogP contribution in [-0.4, -0.2) is 0 Å². The lowest BCUT2D eigenvalue weighted by Gasteiger charge is -2.26. The summed E-state index contributed by atoms with van der Waals surface area (Å²) in [5, 5.41) is 22.6. The van der Waals surface area contributed by atoms with E-state index in [2.05, 4.69) is 213 Å². The normalized spacial score (nSPS) is 12.2. The molecule has 7 nitrogen and oxygen atoms in total. The van der Waals surface area contributed by atoms with Crippen molar-refractivity contribution in [3.8, 4) is 6.07 Å². The zero-order valence-corrected chi connectivity index (χ0v) is 42.2. The number of nitriles is 1. The number of furan rings is 4. The highest BCUT2D eigenvalue weighted by molar-refractivity contribution is 6.25. The monoisotopic (exact) mass is 981 g/mol. The molecule has 0 N–H and O–H groups in total. The minimum Gasteiger partial charge on any atom is -0.456 e. The smallest absolute Gasteiger partial charge is 0.156 e. The van der Waals surface area contributed by atoms with Crippen molar-refractivity contribution in [3.63, 3.8) is 0 Å². The molecule has 0 aliphatic rings. The molecule has 0 unspecified atom stereocenters. The maximum absolute atomic E-state index is 10.7. The quantitative estimate of drug-likeness (QED) is 0.150. The molecule has 0 spiro atoms. The lowest BCUT2D eigenvalue weighted by Crippen LogP contribution is -2.10. The van der Waals surface area contributed by atoms with Crippen molar-refractivity contribution in [1.82, 2.24) is 0 Å². The predicted octanol–water partition coefficient (Wildman–Crippen LogP) is 20.6. The molecule has 0 aliphatic heterocycles. The third-order valence-corrected chi connectivity index (χ3v) is 15.6. The molecular formula is C69H47N3O4. The number of anilines is 6. The van der Waals surface area contributed by atoms with Gasteiger partial charge in [-0.05, 0) is 172 Å². The van der Waals surface area contributed by atoms with Crippen LogP contribution in [0.15, 0.2) is 218 Å². The lowest BCUT2D eigenvalue weighted by molar-refractivity contribution is 0.662. The molecule has 76 heavy (non-hydrogen) atoms. The second-order valence-electron chi connectivity index (χ2n) is 20.8. The van der Waals surface area contributed by atoms with Gasteiger partial charge >= 0.3 is 0 Å². The molecule has 11 aromatic carbocycles. The fourth-order valence-electron chi connectivity index (χ4n) is 11.6. The van der Waals surface area contributed by atoms with E-state index in [0.717, 1.165) is 127 Å². The molecule has 4 aromatic heterocycles. The van der Waals surface area contributed by atoms with Crippen LogP contribution in [0.5, 0.6) is 0 Å². The SMILES string of the molecule is CC(C)c1ccc(N(c2ccc3cc4c(cc3c2)oc2c4cc(C#N)c3oc4cc5cc(N(c6ccc(C(C)C)cc6)c6ccc7oc8ccccc8c7c6)ccc5cc4c32)c2ccc3oc4ccccc4c3c2)cc1. The summed E-state index contributed by atoms with van der Waals surface area (Å²) in [5.41, 5.74) is 15.2. The van der Waals surface area contributed by atoms with E-state index in [1.165, 1.54) is 11.1 Å². The van der Waals surface area contributed by atoms with Gasteiger partial charge in [0.25, 0.3) is 0 Å². The standard InChI is InChI=1S/C69H47N3O4/c1-39(2)41-13-19-48(20-14-41)71(52-25-27-63-57(36-52)54-9-5-7-11-61(54)73-63)50-23-17-43-31-56-59-33-47(38-70)68-67(69(59)76-65(56)34-45(43)29-50)60-32-44-18-24-51(30-46(44)35-66(60)75-68)72(49-21-15-42(16-22-49)40(3)4)53-26-28-64-58(37-53)55-10-6-8-12-62(55)74-64/h5-37,39-40H,1-4H3. The van der Waals surface area contributed by atoms with Crippen LogP contribution >= 0.6 is 0 Å². The highest BCUT2D eigenvalue weighted by Gasteiger charge is 2.24. The molecule has 4 heterocycles.